The molecule has 8 nitrogen and oxygen atoms in total. The first-order valence-corrected chi connectivity index (χ1v) is 12.3. The lowest BCUT2D eigenvalue weighted by Gasteiger charge is -2.31. The van der Waals surface area contributed by atoms with Crippen LogP contribution in [0.3, 0.4) is 0 Å². The molecule has 1 aliphatic rings. The molecule has 3 rings (SSSR count). The van der Waals surface area contributed by atoms with Gasteiger partial charge in [0.1, 0.15) is 12.1 Å². The van der Waals surface area contributed by atoms with Gasteiger partial charge in [0.2, 0.25) is 17.7 Å². The topological polar surface area (TPSA) is 139 Å². The monoisotopic (exact) mass is 482 g/mol. The summed E-state index contributed by atoms with van der Waals surface area (Å²) in [6.45, 7) is 6.47. The number of nitrogens with one attached hydrogen (secondary N) is 1. The number of primary amides is 1. The van der Waals surface area contributed by atoms with Crippen LogP contribution in [-0.2, 0) is 14.4 Å². The maximum absolute atomic E-state index is 13.3. The minimum Gasteiger partial charge on any atom is -0.392 e. The average Bonchev–Trinajstić information content (AvgIpc) is 3.30. The minimum atomic E-state index is -1.06. The third-order valence-electron chi connectivity index (χ3n) is 6.56. The Morgan fingerprint density at radius 2 is 1.83 bits per heavy atom. The van der Waals surface area contributed by atoms with Gasteiger partial charge in [-0.3, -0.25) is 14.4 Å². The van der Waals surface area contributed by atoms with Gasteiger partial charge >= 0.3 is 0 Å². The summed E-state index contributed by atoms with van der Waals surface area (Å²) in [7, 11) is 0. The molecule has 0 saturated carbocycles. The number of rotatable bonds is 9. The molecule has 4 atom stereocenters. The van der Waals surface area contributed by atoms with E-state index >= 15 is 0 Å². The summed E-state index contributed by atoms with van der Waals surface area (Å²) in [6.07, 6.45) is 0.856. The SMILES string of the molecule is CC(C)(C)CC(=O)N1CCCC1C(=O)NC(C(N)=O)C(CC(O)CN)c1ccc2ccccc2c1. The Morgan fingerprint density at radius 3 is 2.46 bits per heavy atom. The summed E-state index contributed by atoms with van der Waals surface area (Å²) < 4.78 is 0. The van der Waals surface area contributed by atoms with Crippen LogP contribution in [0.15, 0.2) is 42.5 Å². The molecule has 3 amide bonds. The first kappa shape index (κ1) is 26.6. The van der Waals surface area contributed by atoms with E-state index in [1.807, 2.05) is 63.2 Å². The molecule has 6 N–H and O–H groups in total. The molecule has 2 aromatic rings. The molecule has 0 bridgehead atoms. The van der Waals surface area contributed by atoms with Crippen molar-refractivity contribution in [1.29, 1.82) is 0 Å². The molecule has 2 aromatic carbocycles. The number of likely N-dealkylation sites (tertiary alicyclic amines) is 1. The minimum absolute atomic E-state index is 0.0151. The molecule has 35 heavy (non-hydrogen) atoms. The number of hydrogen-bond donors (Lipinski definition) is 4. The fourth-order valence-electron chi connectivity index (χ4n) is 4.80. The average molecular weight is 483 g/mol. The van der Waals surface area contributed by atoms with Gasteiger partial charge in [-0.05, 0) is 41.0 Å². The van der Waals surface area contributed by atoms with Crippen molar-refractivity contribution >= 4 is 28.5 Å². The highest BCUT2D eigenvalue weighted by Gasteiger charge is 2.38. The molecule has 0 aliphatic carbocycles. The maximum atomic E-state index is 13.3. The third kappa shape index (κ3) is 6.80. The quantitative estimate of drug-likeness (QED) is 0.433. The van der Waals surface area contributed by atoms with E-state index in [1.54, 1.807) is 4.90 Å². The smallest absolute Gasteiger partial charge is 0.243 e. The van der Waals surface area contributed by atoms with Crippen molar-refractivity contribution in [2.75, 3.05) is 13.1 Å². The van der Waals surface area contributed by atoms with Crippen LogP contribution in [0.2, 0.25) is 0 Å². The van der Waals surface area contributed by atoms with Gasteiger partial charge in [0, 0.05) is 25.4 Å². The second kappa shape index (κ2) is 11.2. The van der Waals surface area contributed by atoms with Crippen molar-refractivity contribution < 1.29 is 19.5 Å². The lowest BCUT2D eigenvalue weighted by atomic mass is 9.84. The molecule has 1 saturated heterocycles. The van der Waals surface area contributed by atoms with E-state index in [9.17, 15) is 19.5 Å². The van der Waals surface area contributed by atoms with Crippen LogP contribution < -0.4 is 16.8 Å². The first-order valence-electron chi connectivity index (χ1n) is 12.3. The van der Waals surface area contributed by atoms with E-state index in [0.717, 1.165) is 22.8 Å². The second-order valence-corrected chi connectivity index (χ2v) is 10.7. The van der Waals surface area contributed by atoms with Gasteiger partial charge in [-0.2, -0.15) is 0 Å². The number of amides is 3. The zero-order valence-corrected chi connectivity index (χ0v) is 20.9. The Bertz CT molecular complexity index is 1060. The van der Waals surface area contributed by atoms with Gasteiger partial charge < -0.3 is 26.8 Å². The predicted octanol–water partition coefficient (Wildman–Crippen LogP) is 2.03. The van der Waals surface area contributed by atoms with E-state index < -0.39 is 35.9 Å². The first-order chi connectivity index (χ1) is 16.5. The van der Waals surface area contributed by atoms with Crippen LogP contribution >= 0.6 is 0 Å². The fourth-order valence-corrected chi connectivity index (χ4v) is 4.80. The Hall–Kier alpha value is -2.97. The van der Waals surface area contributed by atoms with Gasteiger partial charge in [0.25, 0.3) is 0 Å². The highest BCUT2D eigenvalue weighted by Crippen LogP contribution is 2.30. The number of aliphatic hydroxyl groups excluding tert-OH is 1. The molecule has 0 aromatic heterocycles. The zero-order valence-electron chi connectivity index (χ0n) is 20.9. The molecule has 4 unspecified atom stereocenters. The Morgan fingerprint density at radius 1 is 1.14 bits per heavy atom. The number of aliphatic hydroxyl groups is 1. The summed E-state index contributed by atoms with van der Waals surface area (Å²) >= 11 is 0. The number of benzene rings is 2. The van der Waals surface area contributed by atoms with Crippen molar-refractivity contribution in [2.24, 2.45) is 16.9 Å². The zero-order chi connectivity index (χ0) is 25.8. The number of carbonyl (C=O) groups excluding carboxylic acids is 3. The van der Waals surface area contributed by atoms with Crippen LogP contribution in [0.25, 0.3) is 10.8 Å². The van der Waals surface area contributed by atoms with Gasteiger partial charge in [0.05, 0.1) is 6.10 Å². The van der Waals surface area contributed by atoms with E-state index in [-0.39, 0.29) is 24.3 Å². The van der Waals surface area contributed by atoms with Gasteiger partial charge in [0.15, 0.2) is 0 Å². The van der Waals surface area contributed by atoms with Crippen LogP contribution in [0.5, 0.6) is 0 Å². The summed E-state index contributed by atoms with van der Waals surface area (Å²) in [4.78, 5) is 40.4. The molecule has 0 radical (unpaired) electrons. The summed E-state index contributed by atoms with van der Waals surface area (Å²) in [5.41, 5.74) is 12.0. The third-order valence-corrected chi connectivity index (χ3v) is 6.56. The molecule has 1 fully saturated rings. The number of hydrogen-bond acceptors (Lipinski definition) is 5. The normalized spacial score (nSPS) is 18.8. The van der Waals surface area contributed by atoms with Crippen LogP contribution in [0.4, 0.5) is 0 Å². The van der Waals surface area contributed by atoms with Gasteiger partial charge in [-0.1, -0.05) is 63.2 Å². The van der Waals surface area contributed by atoms with Crippen molar-refractivity contribution in [3.63, 3.8) is 0 Å². The lowest BCUT2D eigenvalue weighted by molar-refractivity contribution is -0.140. The van der Waals surface area contributed by atoms with Crippen LogP contribution in [-0.4, -0.2) is 59.0 Å². The number of nitrogens with two attached hydrogens (primary N) is 2. The van der Waals surface area contributed by atoms with E-state index in [0.29, 0.717) is 19.4 Å². The van der Waals surface area contributed by atoms with E-state index in [2.05, 4.69) is 5.32 Å². The van der Waals surface area contributed by atoms with Crippen molar-refractivity contribution in [3.8, 4) is 0 Å². The fraction of sp³-hybridized carbons (Fsp3) is 0.519. The highest BCUT2D eigenvalue weighted by atomic mass is 16.3. The van der Waals surface area contributed by atoms with Gasteiger partial charge in [-0.25, -0.2) is 0 Å². The Labute approximate surface area is 207 Å². The van der Waals surface area contributed by atoms with Crippen molar-refractivity contribution in [1.82, 2.24) is 10.2 Å². The lowest BCUT2D eigenvalue weighted by Crippen LogP contribution is -2.54. The van der Waals surface area contributed by atoms with Crippen molar-refractivity contribution in [3.05, 3.63) is 48.0 Å². The van der Waals surface area contributed by atoms with E-state index in [1.165, 1.54) is 0 Å². The summed E-state index contributed by atoms with van der Waals surface area (Å²) in [6, 6.07) is 11.9. The number of nitrogens with zero attached hydrogens (tertiary/aromatic N) is 1. The molecule has 190 valence electrons. The van der Waals surface area contributed by atoms with E-state index in [4.69, 9.17) is 11.5 Å². The molecular weight excluding hydrogens is 444 g/mol. The Kier molecular flexibility index (Phi) is 8.51. The second-order valence-electron chi connectivity index (χ2n) is 10.7. The van der Waals surface area contributed by atoms with Crippen LogP contribution in [0, 0.1) is 5.41 Å². The molecular formula is C27H38N4O4. The molecule has 8 heteroatoms. The number of carbonyl (C=O) groups is 3. The maximum Gasteiger partial charge on any atom is 0.243 e. The summed E-state index contributed by atoms with van der Waals surface area (Å²) in [5.74, 6) is -1.76. The van der Waals surface area contributed by atoms with Gasteiger partial charge in [-0.15, -0.1) is 0 Å². The molecule has 1 heterocycles. The summed E-state index contributed by atoms with van der Waals surface area (Å²) in [5, 5.41) is 15.2. The molecule has 0 spiro atoms. The predicted molar refractivity (Wildman–Crippen MR) is 136 cm³/mol. The van der Waals surface area contributed by atoms with Crippen molar-refractivity contribution in [2.45, 2.75) is 70.6 Å². The number of fused-ring (bicyclic) bond motifs is 1. The van der Waals surface area contributed by atoms with Crippen LogP contribution in [0.1, 0.15) is 57.9 Å². The standard InChI is InChI=1S/C27H38N4O4/c1-27(2,3)15-23(33)31-12-6-9-22(31)26(35)30-24(25(29)34)21(14-20(32)16-28)19-11-10-17-7-4-5-8-18(17)13-19/h4-5,7-8,10-11,13,20-22,24,32H,6,9,12,14-16,28H2,1-3H3,(H2,29,34)(H,30,35). The largest absolute Gasteiger partial charge is 0.392 e. The highest BCUT2D eigenvalue weighted by molar-refractivity contribution is 5.93. The Balaban J connectivity index is 1.88. The molecule has 1 aliphatic heterocycles.